The molecule has 0 bridgehead atoms. The first kappa shape index (κ1) is 36.8. The van der Waals surface area contributed by atoms with Gasteiger partial charge >= 0.3 is 6.09 Å². The van der Waals surface area contributed by atoms with E-state index in [9.17, 15) is 9.59 Å². The number of benzene rings is 5. The summed E-state index contributed by atoms with van der Waals surface area (Å²) in [5.41, 5.74) is 14.4. The molecular formula is C46H44N8O4. The van der Waals surface area contributed by atoms with E-state index in [4.69, 9.17) is 15.6 Å². The third-order valence-electron chi connectivity index (χ3n) is 11.9. The second kappa shape index (κ2) is 15.3. The highest BCUT2D eigenvalue weighted by atomic mass is 16.6. The summed E-state index contributed by atoms with van der Waals surface area (Å²) in [6.45, 7) is 4.50. The summed E-state index contributed by atoms with van der Waals surface area (Å²) in [5, 5.41) is 16.9. The van der Waals surface area contributed by atoms with Crippen molar-refractivity contribution >= 4 is 45.5 Å². The number of carbonyl (C=O) groups is 3. The molecule has 2 aliphatic heterocycles. The lowest BCUT2D eigenvalue weighted by atomic mass is 9.96. The van der Waals surface area contributed by atoms with Crippen LogP contribution < -0.4 is 10.6 Å². The Morgan fingerprint density at radius 2 is 1.34 bits per heavy atom. The summed E-state index contributed by atoms with van der Waals surface area (Å²) in [6.07, 6.45) is 1.56. The summed E-state index contributed by atoms with van der Waals surface area (Å²) in [7, 11) is 0. The van der Waals surface area contributed by atoms with Crippen LogP contribution in [-0.4, -0.2) is 60.2 Å². The number of carbonyl (C=O) groups excluding carboxylic acids is 3. The van der Waals surface area contributed by atoms with E-state index in [-0.39, 0.29) is 49.3 Å². The first-order valence-electron chi connectivity index (χ1n) is 19.7. The fraction of sp³-hybridized carbons (Fsp3) is 0.239. The Morgan fingerprint density at radius 3 is 2.02 bits per heavy atom. The molecule has 0 saturated carbocycles. The van der Waals surface area contributed by atoms with Gasteiger partial charge in [-0.3, -0.25) is 19.8 Å². The van der Waals surface area contributed by atoms with Crippen LogP contribution in [0.5, 0.6) is 0 Å². The molecule has 0 saturated heterocycles. The number of fused-ring (bicyclic) bond motifs is 6. The highest BCUT2D eigenvalue weighted by molar-refractivity contribution is 6.06. The van der Waals surface area contributed by atoms with E-state index in [0.717, 1.165) is 49.8 Å². The van der Waals surface area contributed by atoms with Crippen molar-refractivity contribution in [2.45, 2.75) is 70.6 Å². The molecule has 2 aromatic heterocycles. The summed E-state index contributed by atoms with van der Waals surface area (Å²) < 4.78 is 6.11. The molecule has 0 fully saturated rings. The van der Waals surface area contributed by atoms with Crippen molar-refractivity contribution in [1.29, 1.82) is 0 Å². The molecule has 12 heteroatoms. The fourth-order valence-corrected chi connectivity index (χ4v) is 8.61. The van der Waals surface area contributed by atoms with E-state index in [2.05, 4.69) is 15.3 Å². The van der Waals surface area contributed by atoms with Gasteiger partial charge in [-0.2, -0.15) is 10.2 Å². The number of amides is 3. The van der Waals surface area contributed by atoms with E-state index in [0.29, 0.717) is 23.9 Å². The van der Waals surface area contributed by atoms with Gasteiger partial charge in [0.2, 0.25) is 11.8 Å². The maximum Gasteiger partial charge on any atom is 0.416 e. The van der Waals surface area contributed by atoms with Gasteiger partial charge in [0.25, 0.3) is 0 Å². The van der Waals surface area contributed by atoms with Crippen LogP contribution in [0, 0.1) is 0 Å². The van der Waals surface area contributed by atoms with E-state index in [1.54, 1.807) is 11.1 Å². The second-order valence-electron chi connectivity index (χ2n) is 15.3. The highest BCUT2D eigenvalue weighted by Gasteiger charge is 2.43. The standard InChI is InChI=1S/C46H44N8O4/c1-28(31-14-8-4-9-15-31)52-26-37-33(22-38(47)44(52)55)19-21-40-42(37)43(51-50-40)54(46(57)58-27-30-12-6-3-7-13-30)41-23-34-18-20-39-35(24-48-49-39)36(34)25-53(45(41)56)29(2)32-16-10-5-11-17-32/h3-21,24,28-29,38,41H,22-23,25-27,47H2,1-2H3,(H,48,49)(H,50,51)/t28-,29-,38-,41-/m1/s1. The van der Waals surface area contributed by atoms with E-state index < -0.39 is 18.2 Å². The van der Waals surface area contributed by atoms with Gasteiger partial charge in [0.05, 0.1) is 35.4 Å². The van der Waals surface area contributed by atoms with Gasteiger partial charge in [0.15, 0.2) is 5.82 Å². The number of anilines is 1. The molecule has 12 nitrogen and oxygen atoms in total. The van der Waals surface area contributed by atoms with Crippen molar-refractivity contribution in [2.24, 2.45) is 5.73 Å². The number of nitrogens with one attached hydrogen (secondary N) is 2. The first-order valence-corrected chi connectivity index (χ1v) is 19.7. The van der Waals surface area contributed by atoms with Gasteiger partial charge in [-0.25, -0.2) is 9.69 Å². The number of aromatic amines is 2. The van der Waals surface area contributed by atoms with Crippen molar-refractivity contribution in [1.82, 2.24) is 30.2 Å². The molecule has 0 spiro atoms. The normalized spacial score (nSPS) is 18.0. The number of rotatable bonds is 8. The molecule has 2 aliphatic rings. The maximum absolute atomic E-state index is 15.4. The molecule has 0 unspecified atom stereocenters. The topological polar surface area (TPSA) is 154 Å². The summed E-state index contributed by atoms with van der Waals surface area (Å²) in [6, 6.07) is 34.5. The molecule has 292 valence electrons. The molecule has 5 aromatic carbocycles. The zero-order valence-electron chi connectivity index (χ0n) is 32.3. The largest absolute Gasteiger partial charge is 0.444 e. The molecular weight excluding hydrogens is 729 g/mol. The predicted molar refractivity (Wildman–Crippen MR) is 221 cm³/mol. The lowest BCUT2D eigenvalue weighted by molar-refractivity contribution is -0.135. The first-order chi connectivity index (χ1) is 28.3. The molecule has 9 rings (SSSR count). The van der Waals surface area contributed by atoms with Crippen molar-refractivity contribution in [3.8, 4) is 0 Å². The summed E-state index contributed by atoms with van der Waals surface area (Å²) in [4.78, 5) is 49.4. The number of hydrogen-bond acceptors (Lipinski definition) is 7. The van der Waals surface area contributed by atoms with Crippen LogP contribution in [0.4, 0.5) is 10.6 Å². The molecule has 0 radical (unpaired) electrons. The summed E-state index contributed by atoms with van der Waals surface area (Å²) in [5.74, 6) is -0.175. The number of nitrogens with two attached hydrogens (primary N) is 1. The minimum absolute atomic E-state index is 0.0143. The average Bonchev–Trinajstić information content (AvgIpc) is 3.86. The van der Waals surface area contributed by atoms with Gasteiger partial charge in [0, 0.05) is 30.3 Å². The van der Waals surface area contributed by atoms with Crippen LogP contribution in [0.2, 0.25) is 0 Å². The zero-order valence-corrected chi connectivity index (χ0v) is 32.3. The molecule has 4 atom stereocenters. The smallest absolute Gasteiger partial charge is 0.416 e. The third kappa shape index (κ3) is 6.64. The van der Waals surface area contributed by atoms with Crippen LogP contribution in [0.3, 0.4) is 0 Å². The van der Waals surface area contributed by atoms with Crippen LogP contribution in [0.1, 0.15) is 64.9 Å². The van der Waals surface area contributed by atoms with Gasteiger partial charge in [-0.1, -0.05) is 103 Å². The lowest BCUT2D eigenvalue weighted by Crippen LogP contribution is -2.52. The Labute approximate surface area is 335 Å². The number of H-pyrrole nitrogens is 2. The zero-order chi connectivity index (χ0) is 39.9. The number of hydrogen-bond donors (Lipinski definition) is 3. The van der Waals surface area contributed by atoms with Gasteiger partial charge < -0.3 is 20.3 Å². The monoisotopic (exact) mass is 772 g/mol. The van der Waals surface area contributed by atoms with Crippen LogP contribution in [-0.2, 0) is 46.9 Å². The quantitative estimate of drug-likeness (QED) is 0.147. The molecule has 7 aromatic rings. The Morgan fingerprint density at radius 1 is 0.759 bits per heavy atom. The van der Waals surface area contributed by atoms with Gasteiger partial charge in [0.1, 0.15) is 12.6 Å². The highest BCUT2D eigenvalue weighted by Crippen LogP contribution is 2.39. The number of ether oxygens (including phenoxy) is 1. The maximum atomic E-state index is 15.4. The van der Waals surface area contributed by atoms with Crippen LogP contribution in [0.15, 0.2) is 121 Å². The van der Waals surface area contributed by atoms with Gasteiger partial charge in [-0.15, -0.1) is 0 Å². The molecule has 58 heavy (non-hydrogen) atoms. The number of aromatic nitrogens is 4. The molecule has 0 aliphatic carbocycles. The minimum Gasteiger partial charge on any atom is -0.444 e. The number of nitrogens with zero attached hydrogens (tertiary/aromatic N) is 5. The van der Waals surface area contributed by atoms with Crippen molar-refractivity contribution in [2.75, 3.05) is 4.90 Å². The Balaban J connectivity index is 1.21. The molecule has 4 heterocycles. The minimum atomic E-state index is -1.06. The fourth-order valence-electron chi connectivity index (χ4n) is 8.61. The van der Waals surface area contributed by atoms with Crippen LogP contribution in [0.25, 0.3) is 21.8 Å². The van der Waals surface area contributed by atoms with Crippen molar-refractivity contribution < 1.29 is 19.1 Å². The van der Waals surface area contributed by atoms with Gasteiger partial charge in [-0.05, 0) is 71.3 Å². The Bertz CT molecular complexity index is 2630. The third-order valence-corrected chi connectivity index (χ3v) is 11.9. The van der Waals surface area contributed by atoms with Crippen LogP contribution >= 0.6 is 0 Å². The Kier molecular flexibility index (Phi) is 9.70. The SMILES string of the molecule is C[C@H](c1ccccc1)N1Cc2c(ccc3[nH]nc(N(C(=O)OCc4ccccc4)[C@@H]4Cc5ccc6[nH]ncc6c5CN([C@H](C)c5ccccc5)C4=O)c23)C[C@@H](N)C1=O. The summed E-state index contributed by atoms with van der Waals surface area (Å²) >= 11 is 0. The average molecular weight is 773 g/mol. The predicted octanol–water partition coefficient (Wildman–Crippen LogP) is 7.27. The van der Waals surface area contributed by atoms with E-state index in [1.165, 1.54) is 4.90 Å². The van der Waals surface area contributed by atoms with Crippen molar-refractivity contribution in [3.05, 3.63) is 160 Å². The Hall–Kier alpha value is -6.79. The second-order valence-corrected chi connectivity index (χ2v) is 15.3. The van der Waals surface area contributed by atoms with E-state index in [1.807, 2.05) is 134 Å². The van der Waals surface area contributed by atoms with E-state index >= 15 is 4.79 Å². The molecule has 3 amide bonds. The van der Waals surface area contributed by atoms with Crippen molar-refractivity contribution in [3.63, 3.8) is 0 Å². The molecule has 4 N–H and O–H groups in total. The lowest BCUT2D eigenvalue weighted by Gasteiger charge is -2.35.